The molecule has 0 aliphatic carbocycles. The number of para-hydroxylation sites is 2. The third-order valence-electron chi connectivity index (χ3n) is 5.27. The highest BCUT2D eigenvalue weighted by Gasteiger charge is 2.23. The summed E-state index contributed by atoms with van der Waals surface area (Å²) in [5.41, 5.74) is 4.67. The van der Waals surface area contributed by atoms with Crippen molar-refractivity contribution in [3.05, 3.63) is 65.9 Å². The molecule has 1 amide bonds. The van der Waals surface area contributed by atoms with E-state index in [0.29, 0.717) is 5.96 Å². The molecule has 3 aromatic rings. The van der Waals surface area contributed by atoms with E-state index in [9.17, 15) is 4.79 Å². The van der Waals surface area contributed by atoms with Gasteiger partial charge in [0.15, 0.2) is 5.96 Å². The number of carbonyl (C=O) groups is 1. The molecular formula is C23H27N5O. The highest BCUT2D eigenvalue weighted by Crippen LogP contribution is 2.27. The maximum atomic E-state index is 12.7. The summed E-state index contributed by atoms with van der Waals surface area (Å²) in [6.07, 6.45) is 3.85. The number of hydrogen-bond donors (Lipinski definition) is 3. The lowest BCUT2D eigenvalue weighted by atomic mass is 10.1. The Morgan fingerprint density at radius 3 is 2.86 bits per heavy atom. The van der Waals surface area contributed by atoms with Gasteiger partial charge in [0.2, 0.25) is 5.91 Å². The average Bonchev–Trinajstić information content (AvgIpc) is 3.36. The number of aliphatic imine (C=N–C) groups is 1. The molecule has 2 aromatic carbocycles. The van der Waals surface area contributed by atoms with Crippen LogP contribution in [0.2, 0.25) is 0 Å². The van der Waals surface area contributed by atoms with Crippen molar-refractivity contribution < 1.29 is 4.79 Å². The van der Waals surface area contributed by atoms with E-state index in [1.54, 1.807) is 0 Å². The van der Waals surface area contributed by atoms with Crippen LogP contribution in [0.3, 0.4) is 0 Å². The van der Waals surface area contributed by atoms with Crippen molar-refractivity contribution in [1.29, 1.82) is 0 Å². The minimum absolute atomic E-state index is 0.0313. The number of hydrogen-bond acceptors (Lipinski definition) is 2. The number of fused-ring (bicyclic) bond motifs is 2. The number of benzene rings is 2. The van der Waals surface area contributed by atoms with Crippen LogP contribution in [0.5, 0.6) is 0 Å². The molecule has 150 valence electrons. The zero-order chi connectivity index (χ0) is 20.1. The van der Waals surface area contributed by atoms with Crippen LogP contribution in [0, 0.1) is 0 Å². The van der Waals surface area contributed by atoms with Crippen LogP contribution in [0.15, 0.2) is 59.7 Å². The average molecular weight is 390 g/mol. The molecule has 0 atom stereocenters. The molecule has 6 nitrogen and oxygen atoms in total. The molecule has 2 heterocycles. The van der Waals surface area contributed by atoms with E-state index in [0.717, 1.165) is 43.7 Å². The fourth-order valence-electron chi connectivity index (χ4n) is 3.83. The van der Waals surface area contributed by atoms with E-state index < -0.39 is 0 Å². The second-order valence-corrected chi connectivity index (χ2v) is 7.16. The van der Waals surface area contributed by atoms with Crippen molar-refractivity contribution in [2.45, 2.75) is 19.8 Å². The summed E-state index contributed by atoms with van der Waals surface area (Å²) < 4.78 is 0. The molecule has 0 fully saturated rings. The van der Waals surface area contributed by atoms with Gasteiger partial charge in [-0.1, -0.05) is 36.4 Å². The summed E-state index contributed by atoms with van der Waals surface area (Å²) in [4.78, 5) is 22.3. The second kappa shape index (κ2) is 8.82. The number of aromatic amines is 1. The lowest BCUT2D eigenvalue weighted by molar-refractivity contribution is -0.117. The number of nitrogens with one attached hydrogen (secondary N) is 3. The number of anilines is 1. The molecule has 0 unspecified atom stereocenters. The Morgan fingerprint density at radius 1 is 1.14 bits per heavy atom. The minimum atomic E-state index is 0.0313. The number of carbonyl (C=O) groups excluding carboxylic acids is 1. The molecule has 6 heteroatoms. The molecule has 0 radical (unpaired) electrons. The largest absolute Gasteiger partial charge is 0.361 e. The van der Waals surface area contributed by atoms with Gasteiger partial charge in [-0.25, -0.2) is 4.99 Å². The van der Waals surface area contributed by atoms with Gasteiger partial charge < -0.3 is 20.5 Å². The van der Waals surface area contributed by atoms with Crippen molar-refractivity contribution in [3.63, 3.8) is 0 Å². The Hall–Kier alpha value is -3.28. The number of nitrogens with zero attached hydrogens (tertiary/aromatic N) is 2. The molecule has 0 saturated carbocycles. The van der Waals surface area contributed by atoms with E-state index >= 15 is 0 Å². The maximum Gasteiger partial charge on any atom is 0.248 e. The standard InChI is InChI=1S/C23H27N5O/c1-2-24-23(25-13-11-18-15-26-20-9-5-4-8-19(18)20)27-16-22(29)28-14-12-17-7-3-6-10-21(17)28/h3-10,15,26H,2,11-14,16H2,1H3,(H2,24,25,27). The van der Waals surface area contributed by atoms with Crippen LogP contribution in [0.1, 0.15) is 18.1 Å². The topological polar surface area (TPSA) is 72.5 Å². The summed E-state index contributed by atoms with van der Waals surface area (Å²) in [7, 11) is 0. The lowest BCUT2D eigenvalue weighted by Crippen LogP contribution is -2.39. The fraction of sp³-hybridized carbons (Fsp3) is 0.304. The Bertz CT molecular complexity index is 1020. The van der Waals surface area contributed by atoms with E-state index in [1.165, 1.54) is 16.5 Å². The molecule has 4 rings (SSSR count). The quantitative estimate of drug-likeness (QED) is 0.448. The predicted molar refractivity (Wildman–Crippen MR) is 118 cm³/mol. The molecule has 1 aliphatic rings. The fourth-order valence-corrected chi connectivity index (χ4v) is 3.83. The van der Waals surface area contributed by atoms with Crippen molar-refractivity contribution in [3.8, 4) is 0 Å². The molecule has 1 aliphatic heterocycles. The van der Waals surface area contributed by atoms with Crippen LogP contribution in [0.4, 0.5) is 5.69 Å². The van der Waals surface area contributed by atoms with Gasteiger partial charge in [0.25, 0.3) is 0 Å². The van der Waals surface area contributed by atoms with E-state index in [4.69, 9.17) is 0 Å². The molecular weight excluding hydrogens is 362 g/mol. The normalized spacial score (nSPS) is 13.6. The van der Waals surface area contributed by atoms with Gasteiger partial charge in [-0.05, 0) is 43.0 Å². The zero-order valence-electron chi connectivity index (χ0n) is 16.7. The van der Waals surface area contributed by atoms with Crippen molar-refractivity contribution in [1.82, 2.24) is 15.6 Å². The highest BCUT2D eigenvalue weighted by molar-refractivity contribution is 5.98. The molecule has 29 heavy (non-hydrogen) atoms. The van der Waals surface area contributed by atoms with E-state index in [1.807, 2.05) is 36.1 Å². The number of aromatic nitrogens is 1. The summed E-state index contributed by atoms with van der Waals surface area (Å²) in [6.45, 7) is 4.39. The predicted octanol–water partition coefficient (Wildman–Crippen LogP) is 2.85. The van der Waals surface area contributed by atoms with E-state index in [2.05, 4.69) is 51.1 Å². The summed E-state index contributed by atoms with van der Waals surface area (Å²) >= 11 is 0. The summed E-state index contributed by atoms with van der Waals surface area (Å²) in [5, 5.41) is 7.82. The first-order valence-corrected chi connectivity index (χ1v) is 10.2. The first-order valence-electron chi connectivity index (χ1n) is 10.2. The third-order valence-corrected chi connectivity index (χ3v) is 5.27. The van der Waals surface area contributed by atoms with Gasteiger partial charge in [0, 0.05) is 42.4 Å². The van der Waals surface area contributed by atoms with Crippen molar-refractivity contribution >= 4 is 28.5 Å². The molecule has 0 bridgehead atoms. The van der Waals surface area contributed by atoms with Gasteiger partial charge in [-0.15, -0.1) is 0 Å². The lowest BCUT2D eigenvalue weighted by Gasteiger charge is -2.17. The first-order chi connectivity index (χ1) is 14.3. The molecule has 1 aromatic heterocycles. The first kappa shape index (κ1) is 19.1. The Balaban J connectivity index is 1.35. The molecule has 0 saturated heterocycles. The van der Waals surface area contributed by atoms with Crippen LogP contribution in [0.25, 0.3) is 10.9 Å². The van der Waals surface area contributed by atoms with Gasteiger partial charge in [-0.3, -0.25) is 4.79 Å². The third kappa shape index (κ3) is 4.26. The highest BCUT2D eigenvalue weighted by atomic mass is 16.2. The van der Waals surface area contributed by atoms with E-state index in [-0.39, 0.29) is 12.5 Å². The Kier molecular flexibility index (Phi) is 5.79. The van der Waals surface area contributed by atoms with Gasteiger partial charge in [-0.2, -0.15) is 0 Å². The van der Waals surface area contributed by atoms with Crippen LogP contribution < -0.4 is 15.5 Å². The number of guanidine groups is 1. The maximum absolute atomic E-state index is 12.7. The van der Waals surface area contributed by atoms with Crippen LogP contribution in [-0.2, 0) is 17.6 Å². The van der Waals surface area contributed by atoms with Crippen molar-refractivity contribution in [2.24, 2.45) is 4.99 Å². The second-order valence-electron chi connectivity index (χ2n) is 7.16. The zero-order valence-corrected chi connectivity index (χ0v) is 16.7. The molecule has 0 spiro atoms. The van der Waals surface area contributed by atoms with Gasteiger partial charge in [0.1, 0.15) is 6.54 Å². The van der Waals surface area contributed by atoms with Crippen LogP contribution in [-0.4, -0.2) is 43.0 Å². The number of H-pyrrole nitrogens is 1. The van der Waals surface area contributed by atoms with Gasteiger partial charge in [0.05, 0.1) is 0 Å². The summed E-state index contributed by atoms with van der Waals surface area (Å²) in [6, 6.07) is 16.4. The number of amides is 1. The molecule has 3 N–H and O–H groups in total. The van der Waals surface area contributed by atoms with Gasteiger partial charge >= 0.3 is 0 Å². The summed E-state index contributed by atoms with van der Waals surface area (Å²) in [5.74, 6) is 0.706. The SMILES string of the molecule is CCNC(=NCC(=O)N1CCc2ccccc21)NCCc1c[nH]c2ccccc12. The minimum Gasteiger partial charge on any atom is -0.361 e. The monoisotopic (exact) mass is 389 g/mol. The Labute approximate surface area is 171 Å². The Morgan fingerprint density at radius 2 is 1.97 bits per heavy atom. The van der Waals surface area contributed by atoms with Crippen LogP contribution >= 0.6 is 0 Å². The smallest absolute Gasteiger partial charge is 0.248 e. The van der Waals surface area contributed by atoms with Crippen molar-refractivity contribution in [2.75, 3.05) is 31.1 Å². The number of rotatable bonds is 6.